The summed E-state index contributed by atoms with van der Waals surface area (Å²) in [6.45, 7) is 1.64. The van der Waals surface area contributed by atoms with Crippen LogP contribution < -0.4 is 5.32 Å². The molecule has 0 spiro atoms. The molecule has 2 aromatic carbocycles. The third kappa shape index (κ3) is 3.35. The van der Waals surface area contributed by atoms with Gasteiger partial charge in [-0.05, 0) is 25.1 Å². The Morgan fingerprint density at radius 3 is 2.48 bits per heavy atom. The molecular formula is C15H12Cl2N2O2. The van der Waals surface area contributed by atoms with E-state index in [0.29, 0.717) is 22.0 Å². The van der Waals surface area contributed by atoms with Gasteiger partial charge in [0, 0.05) is 5.56 Å². The van der Waals surface area contributed by atoms with E-state index in [0.717, 1.165) is 0 Å². The van der Waals surface area contributed by atoms with E-state index in [2.05, 4.69) is 10.5 Å². The van der Waals surface area contributed by atoms with Crippen molar-refractivity contribution >= 4 is 40.5 Å². The number of nitrogens with zero attached hydrogens (tertiary/aromatic N) is 1. The summed E-state index contributed by atoms with van der Waals surface area (Å²) in [5, 5.41) is 15.3. The molecule has 0 aliphatic carbocycles. The molecule has 0 heterocycles. The fraction of sp³-hybridized carbons (Fsp3) is 0.0667. The van der Waals surface area contributed by atoms with Gasteiger partial charge in [-0.1, -0.05) is 52.6 Å². The smallest absolute Gasteiger partial charge is 0.257 e. The Balaban J connectivity index is 2.35. The molecule has 21 heavy (non-hydrogen) atoms. The highest BCUT2D eigenvalue weighted by Crippen LogP contribution is 2.26. The topological polar surface area (TPSA) is 61.7 Å². The van der Waals surface area contributed by atoms with Crippen molar-refractivity contribution in [2.24, 2.45) is 5.16 Å². The van der Waals surface area contributed by atoms with Crippen LogP contribution in [-0.4, -0.2) is 16.8 Å². The van der Waals surface area contributed by atoms with E-state index in [4.69, 9.17) is 28.4 Å². The highest BCUT2D eigenvalue weighted by Gasteiger charge is 2.14. The lowest BCUT2D eigenvalue weighted by Gasteiger charge is -2.11. The predicted octanol–water partition coefficient (Wildman–Crippen LogP) is 4.44. The second-order valence-electron chi connectivity index (χ2n) is 4.29. The first kappa shape index (κ1) is 15.4. The Morgan fingerprint density at radius 2 is 1.76 bits per heavy atom. The van der Waals surface area contributed by atoms with E-state index in [1.54, 1.807) is 49.4 Å². The monoisotopic (exact) mass is 322 g/mol. The summed E-state index contributed by atoms with van der Waals surface area (Å²) in [5.74, 6) is -0.388. The molecule has 4 nitrogen and oxygen atoms in total. The summed E-state index contributed by atoms with van der Waals surface area (Å²) in [6, 6.07) is 11.8. The summed E-state index contributed by atoms with van der Waals surface area (Å²) in [5.41, 5.74) is 1.81. The van der Waals surface area contributed by atoms with E-state index >= 15 is 0 Å². The molecule has 0 saturated heterocycles. The molecule has 0 bridgehead atoms. The van der Waals surface area contributed by atoms with Crippen molar-refractivity contribution in [3.8, 4) is 0 Å². The van der Waals surface area contributed by atoms with E-state index in [-0.39, 0.29) is 16.5 Å². The van der Waals surface area contributed by atoms with E-state index in [1.165, 1.54) is 0 Å². The number of hydrogen-bond acceptors (Lipinski definition) is 3. The van der Waals surface area contributed by atoms with E-state index in [9.17, 15) is 4.79 Å². The summed E-state index contributed by atoms with van der Waals surface area (Å²) in [6.07, 6.45) is 0. The van der Waals surface area contributed by atoms with Crippen LogP contribution in [0.1, 0.15) is 22.8 Å². The van der Waals surface area contributed by atoms with Crippen LogP contribution in [0.15, 0.2) is 47.6 Å². The molecule has 0 unspecified atom stereocenters. The van der Waals surface area contributed by atoms with Crippen LogP contribution in [0.4, 0.5) is 5.69 Å². The maximum absolute atomic E-state index is 12.3. The Kier molecular flexibility index (Phi) is 4.83. The summed E-state index contributed by atoms with van der Waals surface area (Å²) >= 11 is 11.9. The third-order valence-electron chi connectivity index (χ3n) is 2.91. The van der Waals surface area contributed by atoms with Crippen LogP contribution in [0, 0.1) is 0 Å². The second-order valence-corrected chi connectivity index (χ2v) is 5.07. The molecule has 0 aliphatic rings. The van der Waals surface area contributed by atoms with Gasteiger partial charge in [0.15, 0.2) is 0 Å². The molecule has 2 N–H and O–H groups in total. The zero-order valence-electron chi connectivity index (χ0n) is 11.1. The van der Waals surface area contributed by atoms with Gasteiger partial charge >= 0.3 is 0 Å². The fourth-order valence-corrected chi connectivity index (χ4v) is 2.22. The number of nitrogens with one attached hydrogen (secondary N) is 1. The van der Waals surface area contributed by atoms with Gasteiger partial charge in [0.1, 0.15) is 0 Å². The number of benzene rings is 2. The van der Waals surface area contributed by atoms with Gasteiger partial charge in [0.2, 0.25) is 0 Å². The molecule has 2 aromatic rings. The maximum Gasteiger partial charge on any atom is 0.257 e. The van der Waals surface area contributed by atoms with Crippen molar-refractivity contribution in [1.82, 2.24) is 0 Å². The van der Waals surface area contributed by atoms with Crippen LogP contribution >= 0.6 is 23.2 Å². The Labute approximate surface area is 132 Å². The predicted molar refractivity (Wildman–Crippen MR) is 84.9 cm³/mol. The third-order valence-corrected chi connectivity index (χ3v) is 3.73. The van der Waals surface area contributed by atoms with Crippen LogP contribution in [0.2, 0.25) is 10.0 Å². The lowest BCUT2D eigenvalue weighted by Crippen LogP contribution is -2.15. The van der Waals surface area contributed by atoms with Crippen LogP contribution in [0.3, 0.4) is 0 Å². The average molecular weight is 323 g/mol. The van der Waals surface area contributed by atoms with Crippen LogP contribution in [-0.2, 0) is 0 Å². The number of halogens is 2. The van der Waals surface area contributed by atoms with Crippen molar-refractivity contribution in [2.75, 3.05) is 5.32 Å². The van der Waals surface area contributed by atoms with E-state index < -0.39 is 0 Å². The average Bonchev–Trinajstić information content (AvgIpc) is 2.49. The highest BCUT2D eigenvalue weighted by molar-refractivity contribution is 6.44. The van der Waals surface area contributed by atoms with Gasteiger partial charge in [0.25, 0.3) is 5.91 Å². The number of anilines is 1. The first-order chi connectivity index (χ1) is 10.0. The molecule has 0 aromatic heterocycles. The van der Waals surface area contributed by atoms with Crippen LogP contribution in [0.25, 0.3) is 0 Å². The number of amides is 1. The lowest BCUT2D eigenvalue weighted by molar-refractivity contribution is 0.102. The Morgan fingerprint density at radius 1 is 1.10 bits per heavy atom. The van der Waals surface area contributed by atoms with Gasteiger partial charge in [-0.15, -0.1) is 0 Å². The number of rotatable bonds is 3. The minimum absolute atomic E-state index is 0.196. The Hall–Kier alpha value is -2.04. The standard InChI is InChI=1S/C15H12Cl2N2O2/c1-9(19-21)10-5-2-3-8-13(10)18-15(20)11-6-4-7-12(16)14(11)17/h2-8,21H,1H3,(H,18,20)/b19-9+. The van der Waals surface area contributed by atoms with Gasteiger partial charge in [-0.25, -0.2) is 0 Å². The normalized spacial score (nSPS) is 11.3. The summed E-state index contributed by atoms with van der Waals surface area (Å²) in [7, 11) is 0. The van der Waals surface area contributed by atoms with Gasteiger partial charge < -0.3 is 10.5 Å². The van der Waals surface area contributed by atoms with Gasteiger partial charge in [-0.3, -0.25) is 4.79 Å². The highest BCUT2D eigenvalue weighted by atomic mass is 35.5. The first-order valence-corrected chi connectivity index (χ1v) is 6.83. The number of carbonyl (C=O) groups excluding carboxylic acids is 1. The SMILES string of the molecule is C/C(=N\O)c1ccccc1NC(=O)c1cccc(Cl)c1Cl. The molecular weight excluding hydrogens is 311 g/mol. The maximum atomic E-state index is 12.3. The number of carbonyl (C=O) groups is 1. The minimum atomic E-state index is -0.388. The summed E-state index contributed by atoms with van der Waals surface area (Å²) in [4.78, 5) is 12.3. The number of oxime groups is 1. The lowest BCUT2D eigenvalue weighted by atomic mass is 10.1. The molecule has 0 radical (unpaired) electrons. The van der Waals surface area contributed by atoms with Gasteiger partial charge in [0.05, 0.1) is 27.0 Å². The zero-order chi connectivity index (χ0) is 15.4. The molecule has 0 saturated carbocycles. The van der Waals surface area contributed by atoms with Crippen molar-refractivity contribution in [2.45, 2.75) is 6.92 Å². The molecule has 6 heteroatoms. The fourth-order valence-electron chi connectivity index (χ4n) is 1.83. The molecule has 108 valence electrons. The van der Waals surface area contributed by atoms with Crippen molar-refractivity contribution in [3.05, 3.63) is 63.6 Å². The molecule has 0 fully saturated rings. The number of para-hydroxylation sites is 1. The van der Waals surface area contributed by atoms with Crippen molar-refractivity contribution < 1.29 is 10.0 Å². The number of hydrogen-bond donors (Lipinski definition) is 2. The Bertz CT molecular complexity index is 715. The second kappa shape index (κ2) is 6.61. The first-order valence-electron chi connectivity index (χ1n) is 6.08. The molecule has 2 rings (SSSR count). The molecule has 1 amide bonds. The quantitative estimate of drug-likeness (QED) is 0.498. The minimum Gasteiger partial charge on any atom is -0.411 e. The van der Waals surface area contributed by atoms with E-state index in [1.807, 2.05) is 0 Å². The van der Waals surface area contributed by atoms with Crippen LogP contribution in [0.5, 0.6) is 0 Å². The molecule has 0 atom stereocenters. The van der Waals surface area contributed by atoms with Crippen molar-refractivity contribution in [1.29, 1.82) is 0 Å². The van der Waals surface area contributed by atoms with Gasteiger partial charge in [-0.2, -0.15) is 0 Å². The van der Waals surface area contributed by atoms with Crippen molar-refractivity contribution in [3.63, 3.8) is 0 Å². The molecule has 0 aliphatic heterocycles. The zero-order valence-corrected chi connectivity index (χ0v) is 12.6. The summed E-state index contributed by atoms with van der Waals surface area (Å²) < 4.78 is 0. The largest absolute Gasteiger partial charge is 0.411 e.